The number of aryl methyl sites for hydroxylation is 1. The van der Waals surface area contributed by atoms with Crippen molar-refractivity contribution in [1.82, 2.24) is 15.6 Å². The molecule has 0 bridgehead atoms. The second-order valence-electron chi connectivity index (χ2n) is 7.51. The number of carbonyl (C=O) groups is 1. The molecule has 0 saturated carbocycles. The van der Waals surface area contributed by atoms with Gasteiger partial charge in [0.15, 0.2) is 5.96 Å². The van der Waals surface area contributed by atoms with Crippen LogP contribution in [-0.2, 0) is 17.9 Å². The number of hydrogen-bond acceptors (Lipinski definition) is 4. The molecule has 3 rings (SSSR count). The quantitative estimate of drug-likeness (QED) is 0.499. The second kappa shape index (κ2) is 10.0. The zero-order valence-corrected chi connectivity index (χ0v) is 17.5. The maximum atomic E-state index is 13.4. The third kappa shape index (κ3) is 5.46. The van der Waals surface area contributed by atoms with Gasteiger partial charge in [0, 0.05) is 50.9 Å². The lowest BCUT2D eigenvalue weighted by Gasteiger charge is -2.32. The van der Waals surface area contributed by atoms with Gasteiger partial charge in [-0.05, 0) is 43.0 Å². The Morgan fingerprint density at radius 1 is 1.27 bits per heavy atom. The van der Waals surface area contributed by atoms with E-state index in [0.29, 0.717) is 24.6 Å². The van der Waals surface area contributed by atoms with Gasteiger partial charge in [-0.25, -0.2) is 9.37 Å². The van der Waals surface area contributed by atoms with Crippen molar-refractivity contribution in [2.45, 2.75) is 32.9 Å². The molecule has 1 fully saturated rings. The number of aliphatic imine (C=N–C) groups is 1. The summed E-state index contributed by atoms with van der Waals surface area (Å²) in [6, 6.07) is 9.01. The van der Waals surface area contributed by atoms with Crippen molar-refractivity contribution in [3.8, 4) is 0 Å². The van der Waals surface area contributed by atoms with Crippen LogP contribution < -0.4 is 21.3 Å². The molecule has 30 heavy (non-hydrogen) atoms. The van der Waals surface area contributed by atoms with E-state index in [0.717, 1.165) is 42.9 Å². The zero-order valence-electron chi connectivity index (χ0n) is 17.5. The number of primary amides is 1. The highest BCUT2D eigenvalue weighted by Crippen LogP contribution is 2.24. The summed E-state index contributed by atoms with van der Waals surface area (Å²) >= 11 is 0. The molecule has 0 radical (unpaired) electrons. The number of nitrogens with two attached hydrogens (primary N) is 1. The average molecular weight is 413 g/mol. The standard InChI is InChI=1S/C22H29FN6O/c1-15-12-16(5-6-19(15)23)13-27-22(25-2)28-14-18-4-3-9-26-21(18)29-10-7-17(8-11-29)20(24)30/h3-6,9,12,17H,7-8,10-11,13-14H2,1-2H3,(H2,24,30)(H2,25,27,28). The summed E-state index contributed by atoms with van der Waals surface area (Å²) in [4.78, 5) is 22.4. The van der Waals surface area contributed by atoms with Crippen LogP contribution in [0.25, 0.3) is 0 Å². The van der Waals surface area contributed by atoms with Crippen molar-refractivity contribution < 1.29 is 9.18 Å². The monoisotopic (exact) mass is 412 g/mol. The van der Waals surface area contributed by atoms with Crippen molar-refractivity contribution in [2.75, 3.05) is 25.0 Å². The number of halogens is 1. The van der Waals surface area contributed by atoms with Crippen LogP contribution in [0.1, 0.15) is 29.5 Å². The molecule has 1 amide bonds. The van der Waals surface area contributed by atoms with E-state index in [1.54, 1.807) is 26.2 Å². The van der Waals surface area contributed by atoms with Crippen molar-refractivity contribution in [3.05, 3.63) is 59.0 Å². The molecule has 160 valence electrons. The van der Waals surface area contributed by atoms with E-state index in [4.69, 9.17) is 5.73 Å². The number of nitrogens with zero attached hydrogens (tertiary/aromatic N) is 3. The lowest BCUT2D eigenvalue weighted by atomic mass is 9.96. The van der Waals surface area contributed by atoms with Crippen LogP contribution in [0.5, 0.6) is 0 Å². The van der Waals surface area contributed by atoms with Crippen LogP contribution in [0.3, 0.4) is 0 Å². The molecule has 0 spiro atoms. The van der Waals surface area contributed by atoms with E-state index in [2.05, 4.69) is 25.5 Å². The van der Waals surface area contributed by atoms with Gasteiger partial charge in [-0.2, -0.15) is 0 Å². The topological polar surface area (TPSA) is 95.6 Å². The molecule has 0 unspecified atom stereocenters. The Kier molecular flexibility index (Phi) is 7.21. The fraction of sp³-hybridized carbons (Fsp3) is 0.409. The highest BCUT2D eigenvalue weighted by molar-refractivity contribution is 5.79. The lowest BCUT2D eigenvalue weighted by Crippen LogP contribution is -2.40. The van der Waals surface area contributed by atoms with E-state index in [9.17, 15) is 9.18 Å². The first-order valence-corrected chi connectivity index (χ1v) is 10.2. The molecular weight excluding hydrogens is 383 g/mol. The van der Waals surface area contributed by atoms with E-state index >= 15 is 0 Å². The summed E-state index contributed by atoms with van der Waals surface area (Å²) in [5.41, 5.74) is 8.10. The molecule has 1 aromatic heterocycles. The predicted octanol–water partition coefficient (Wildman–Crippen LogP) is 2.10. The van der Waals surface area contributed by atoms with Gasteiger partial charge in [0.25, 0.3) is 0 Å². The molecule has 1 aromatic carbocycles. The molecule has 0 atom stereocenters. The number of pyridine rings is 1. The van der Waals surface area contributed by atoms with Gasteiger partial charge >= 0.3 is 0 Å². The summed E-state index contributed by atoms with van der Waals surface area (Å²) in [6.07, 6.45) is 3.28. The molecule has 7 nitrogen and oxygen atoms in total. The van der Waals surface area contributed by atoms with E-state index < -0.39 is 0 Å². The molecule has 0 aliphatic carbocycles. The number of guanidine groups is 1. The Hall–Kier alpha value is -3.16. The minimum Gasteiger partial charge on any atom is -0.369 e. The normalized spacial score (nSPS) is 15.2. The average Bonchev–Trinajstić information content (AvgIpc) is 2.76. The Morgan fingerprint density at radius 2 is 2.00 bits per heavy atom. The maximum Gasteiger partial charge on any atom is 0.220 e. The zero-order chi connectivity index (χ0) is 21.5. The minimum absolute atomic E-state index is 0.0512. The highest BCUT2D eigenvalue weighted by atomic mass is 19.1. The minimum atomic E-state index is -0.219. The van der Waals surface area contributed by atoms with Gasteiger partial charge in [-0.3, -0.25) is 9.79 Å². The highest BCUT2D eigenvalue weighted by Gasteiger charge is 2.24. The van der Waals surface area contributed by atoms with Gasteiger partial charge in [0.1, 0.15) is 11.6 Å². The number of anilines is 1. The number of carbonyl (C=O) groups excluding carboxylic acids is 1. The summed E-state index contributed by atoms with van der Waals surface area (Å²) in [6.45, 7) is 4.37. The fourth-order valence-electron chi connectivity index (χ4n) is 3.63. The van der Waals surface area contributed by atoms with Gasteiger partial charge < -0.3 is 21.3 Å². The lowest BCUT2D eigenvalue weighted by molar-refractivity contribution is -0.122. The van der Waals surface area contributed by atoms with Gasteiger partial charge in [-0.15, -0.1) is 0 Å². The molecule has 1 saturated heterocycles. The van der Waals surface area contributed by atoms with Crippen molar-refractivity contribution in [2.24, 2.45) is 16.6 Å². The van der Waals surface area contributed by atoms with Crippen molar-refractivity contribution in [3.63, 3.8) is 0 Å². The number of piperidine rings is 1. The maximum absolute atomic E-state index is 13.4. The number of benzene rings is 1. The van der Waals surface area contributed by atoms with Crippen molar-refractivity contribution in [1.29, 1.82) is 0 Å². The first kappa shape index (κ1) is 21.5. The SMILES string of the molecule is CN=C(NCc1ccc(F)c(C)c1)NCc1cccnc1N1CCC(C(N)=O)CC1. The summed E-state index contributed by atoms with van der Waals surface area (Å²) in [5.74, 6) is 1.09. The molecule has 2 aromatic rings. The smallest absolute Gasteiger partial charge is 0.220 e. The summed E-state index contributed by atoms with van der Waals surface area (Å²) in [7, 11) is 1.71. The molecule has 4 N–H and O–H groups in total. The van der Waals surface area contributed by atoms with E-state index in [-0.39, 0.29) is 17.6 Å². The Labute approximate surface area is 176 Å². The Morgan fingerprint density at radius 3 is 2.67 bits per heavy atom. The van der Waals surface area contributed by atoms with Crippen LogP contribution in [-0.4, -0.2) is 37.0 Å². The third-order valence-corrected chi connectivity index (χ3v) is 5.42. The van der Waals surface area contributed by atoms with Crippen LogP contribution in [0.2, 0.25) is 0 Å². The number of amides is 1. The summed E-state index contributed by atoms with van der Waals surface area (Å²) in [5, 5.41) is 6.56. The fourth-order valence-corrected chi connectivity index (χ4v) is 3.63. The largest absolute Gasteiger partial charge is 0.369 e. The number of nitrogens with one attached hydrogen (secondary N) is 2. The Balaban J connectivity index is 1.58. The first-order chi connectivity index (χ1) is 14.5. The third-order valence-electron chi connectivity index (χ3n) is 5.42. The Bertz CT molecular complexity index is 908. The first-order valence-electron chi connectivity index (χ1n) is 10.2. The predicted molar refractivity (Wildman–Crippen MR) is 117 cm³/mol. The molecule has 2 heterocycles. The second-order valence-corrected chi connectivity index (χ2v) is 7.51. The summed E-state index contributed by atoms with van der Waals surface area (Å²) < 4.78 is 13.4. The molecule has 8 heteroatoms. The van der Waals surface area contributed by atoms with Crippen LogP contribution in [0, 0.1) is 18.7 Å². The van der Waals surface area contributed by atoms with Gasteiger partial charge in [0.2, 0.25) is 5.91 Å². The van der Waals surface area contributed by atoms with Crippen LogP contribution >= 0.6 is 0 Å². The van der Waals surface area contributed by atoms with Crippen LogP contribution in [0.15, 0.2) is 41.5 Å². The van der Waals surface area contributed by atoms with Gasteiger partial charge in [-0.1, -0.05) is 18.2 Å². The van der Waals surface area contributed by atoms with E-state index in [1.165, 1.54) is 6.07 Å². The number of hydrogen-bond donors (Lipinski definition) is 3. The molecule has 1 aliphatic rings. The van der Waals surface area contributed by atoms with E-state index in [1.807, 2.05) is 18.2 Å². The van der Waals surface area contributed by atoms with Crippen LogP contribution in [0.4, 0.5) is 10.2 Å². The molecular formula is C22H29FN6O. The van der Waals surface area contributed by atoms with Gasteiger partial charge in [0.05, 0.1) is 0 Å². The van der Waals surface area contributed by atoms with Crippen molar-refractivity contribution >= 4 is 17.7 Å². The molecule has 1 aliphatic heterocycles. The number of rotatable bonds is 6. The number of aromatic nitrogens is 1.